The molecule has 22 heavy (non-hydrogen) atoms. The number of rotatable bonds is 3. The first-order valence-electron chi connectivity index (χ1n) is 8.42. The number of carbonyl (C=O) groups excluding carboxylic acids is 1. The molecule has 0 spiro atoms. The lowest BCUT2D eigenvalue weighted by atomic mass is 9.99. The van der Waals surface area contributed by atoms with Crippen LogP contribution in [0.15, 0.2) is 12.1 Å². The Labute approximate surface area is 131 Å². The van der Waals surface area contributed by atoms with E-state index >= 15 is 0 Å². The van der Waals surface area contributed by atoms with Crippen molar-refractivity contribution in [3.63, 3.8) is 0 Å². The topological polar surface area (TPSA) is 55.6 Å². The van der Waals surface area contributed by atoms with E-state index in [0.717, 1.165) is 25.3 Å². The number of carbonyl (C=O) groups is 1. The summed E-state index contributed by atoms with van der Waals surface area (Å²) in [6.07, 6.45) is 5.90. The quantitative estimate of drug-likeness (QED) is 0.929. The first-order valence-corrected chi connectivity index (χ1v) is 8.42. The summed E-state index contributed by atoms with van der Waals surface area (Å²) in [4.78, 5) is 14.9. The summed E-state index contributed by atoms with van der Waals surface area (Å²) >= 11 is 0. The minimum Gasteiger partial charge on any atom is -0.496 e. The second-order valence-electron chi connectivity index (χ2n) is 7.05. The van der Waals surface area contributed by atoms with Crippen molar-refractivity contribution >= 4 is 5.91 Å². The lowest BCUT2D eigenvalue weighted by Crippen LogP contribution is -2.32. The third-order valence-electron chi connectivity index (χ3n) is 5.57. The number of nitrogens with two attached hydrogens (primary N) is 1. The summed E-state index contributed by atoms with van der Waals surface area (Å²) in [6.45, 7) is 1.49. The standard InChI is InChI=1S/C18H24N2O2/c1-22-17-8-13-4-2-3-12(13)7-14(17)18(21)20-9-15(11-5-6-11)16(19)10-20/h7-8,11,15-16H,2-6,9-10,19H2,1H3/t15-,16+/m1/s1. The second-order valence-corrected chi connectivity index (χ2v) is 7.05. The average Bonchev–Trinajstić information content (AvgIpc) is 3.13. The molecule has 4 rings (SSSR count). The van der Waals surface area contributed by atoms with Gasteiger partial charge in [-0.1, -0.05) is 0 Å². The molecule has 1 saturated heterocycles. The Kier molecular flexibility index (Phi) is 3.37. The number of methoxy groups -OCH3 is 1. The number of amides is 1. The molecule has 3 aliphatic rings. The van der Waals surface area contributed by atoms with E-state index in [1.807, 2.05) is 4.90 Å². The van der Waals surface area contributed by atoms with Crippen molar-refractivity contribution in [2.75, 3.05) is 20.2 Å². The van der Waals surface area contributed by atoms with Gasteiger partial charge in [0.25, 0.3) is 5.91 Å². The van der Waals surface area contributed by atoms with Crippen LogP contribution in [0, 0.1) is 11.8 Å². The Morgan fingerprint density at radius 2 is 1.95 bits per heavy atom. The van der Waals surface area contributed by atoms with E-state index in [4.69, 9.17) is 10.5 Å². The van der Waals surface area contributed by atoms with E-state index in [2.05, 4.69) is 12.1 Å². The van der Waals surface area contributed by atoms with Gasteiger partial charge in [-0.05, 0) is 67.2 Å². The van der Waals surface area contributed by atoms with Crippen molar-refractivity contribution in [2.45, 2.75) is 38.1 Å². The van der Waals surface area contributed by atoms with Crippen LogP contribution in [0.25, 0.3) is 0 Å². The zero-order valence-corrected chi connectivity index (χ0v) is 13.2. The summed E-state index contributed by atoms with van der Waals surface area (Å²) in [6, 6.07) is 4.25. The molecule has 1 aromatic rings. The smallest absolute Gasteiger partial charge is 0.257 e. The number of benzene rings is 1. The van der Waals surface area contributed by atoms with Gasteiger partial charge in [-0.3, -0.25) is 4.79 Å². The Morgan fingerprint density at radius 1 is 1.23 bits per heavy atom. The van der Waals surface area contributed by atoms with Gasteiger partial charge >= 0.3 is 0 Å². The van der Waals surface area contributed by atoms with Gasteiger partial charge < -0.3 is 15.4 Å². The van der Waals surface area contributed by atoms with Gasteiger partial charge in [0.1, 0.15) is 5.75 Å². The maximum Gasteiger partial charge on any atom is 0.257 e. The van der Waals surface area contributed by atoms with Crippen LogP contribution in [0.4, 0.5) is 0 Å². The van der Waals surface area contributed by atoms with Gasteiger partial charge in [0.05, 0.1) is 12.7 Å². The Balaban J connectivity index is 1.60. The number of ether oxygens (including phenoxy) is 1. The number of aryl methyl sites for hydroxylation is 2. The highest BCUT2D eigenvalue weighted by atomic mass is 16.5. The van der Waals surface area contributed by atoms with Crippen LogP contribution in [0.5, 0.6) is 5.75 Å². The fraction of sp³-hybridized carbons (Fsp3) is 0.611. The molecule has 4 nitrogen and oxygen atoms in total. The van der Waals surface area contributed by atoms with Crippen LogP contribution in [0.2, 0.25) is 0 Å². The summed E-state index contributed by atoms with van der Waals surface area (Å²) in [5.74, 6) is 2.04. The van der Waals surface area contributed by atoms with Gasteiger partial charge in [-0.15, -0.1) is 0 Å². The highest BCUT2D eigenvalue weighted by Crippen LogP contribution is 2.41. The van der Waals surface area contributed by atoms with E-state index in [1.54, 1.807) is 7.11 Å². The molecule has 1 aliphatic heterocycles. The van der Waals surface area contributed by atoms with Gasteiger partial charge in [0.2, 0.25) is 0 Å². The molecule has 2 atom stereocenters. The van der Waals surface area contributed by atoms with Gasteiger partial charge in [-0.25, -0.2) is 0 Å². The zero-order valence-electron chi connectivity index (χ0n) is 13.2. The largest absolute Gasteiger partial charge is 0.496 e. The van der Waals surface area contributed by atoms with Crippen LogP contribution in [-0.4, -0.2) is 37.0 Å². The van der Waals surface area contributed by atoms with Crippen molar-refractivity contribution < 1.29 is 9.53 Å². The molecule has 2 N–H and O–H groups in total. The fourth-order valence-electron chi connectivity index (χ4n) is 4.15. The minimum absolute atomic E-state index is 0.0881. The lowest BCUT2D eigenvalue weighted by molar-refractivity contribution is 0.0781. The Bertz CT molecular complexity index is 609. The highest BCUT2D eigenvalue weighted by Gasteiger charge is 2.42. The summed E-state index contributed by atoms with van der Waals surface area (Å²) in [5, 5.41) is 0. The van der Waals surface area contributed by atoms with Gasteiger partial charge in [0.15, 0.2) is 0 Å². The normalized spacial score (nSPS) is 27.1. The Hall–Kier alpha value is -1.55. The molecular formula is C18H24N2O2. The maximum absolute atomic E-state index is 13.0. The van der Waals surface area contributed by atoms with Crippen molar-refractivity contribution in [3.8, 4) is 5.75 Å². The number of fused-ring (bicyclic) bond motifs is 1. The maximum atomic E-state index is 13.0. The van der Waals surface area contributed by atoms with Crippen molar-refractivity contribution in [3.05, 3.63) is 28.8 Å². The summed E-state index contributed by atoms with van der Waals surface area (Å²) in [5.41, 5.74) is 9.62. The molecule has 1 amide bonds. The number of likely N-dealkylation sites (tertiary alicyclic amines) is 1. The summed E-state index contributed by atoms with van der Waals surface area (Å²) < 4.78 is 5.49. The van der Waals surface area contributed by atoms with Crippen LogP contribution >= 0.6 is 0 Å². The first-order chi connectivity index (χ1) is 10.7. The number of nitrogens with zero attached hydrogens (tertiary/aromatic N) is 1. The third kappa shape index (κ3) is 2.30. The molecule has 0 aromatic heterocycles. The van der Waals surface area contributed by atoms with Crippen LogP contribution in [-0.2, 0) is 12.8 Å². The van der Waals surface area contributed by atoms with Gasteiger partial charge in [0, 0.05) is 19.1 Å². The van der Waals surface area contributed by atoms with E-state index in [0.29, 0.717) is 23.8 Å². The van der Waals surface area contributed by atoms with Crippen molar-refractivity contribution in [1.29, 1.82) is 0 Å². The highest BCUT2D eigenvalue weighted by molar-refractivity contribution is 5.97. The molecule has 0 bridgehead atoms. The fourth-order valence-corrected chi connectivity index (χ4v) is 4.15. The van der Waals surface area contributed by atoms with E-state index in [1.165, 1.54) is 30.4 Å². The van der Waals surface area contributed by atoms with Crippen LogP contribution in [0.1, 0.15) is 40.7 Å². The second kappa shape index (κ2) is 5.27. The number of hydrogen-bond acceptors (Lipinski definition) is 3. The predicted octanol–water partition coefficient (Wildman–Crippen LogP) is 1.99. The van der Waals surface area contributed by atoms with E-state index in [-0.39, 0.29) is 11.9 Å². The average molecular weight is 300 g/mol. The molecular weight excluding hydrogens is 276 g/mol. The predicted molar refractivity (Wildman–Crippen MR) is 85.1 cm³/mol. The Morgan fingerprint density at radius 3 is 2.64 bits per heavy atom. The molecule has 118 valence electrons. The molecule has 4 heteroatoms. The third-order valence-corrected chi connectivity index (χ3v) is 5.57. The van der Waals surface area contributed by atoms with Crippen molar-refractivity contribution in [2.24, 2.45) is 17.6 Å². The van der Waals surface area contributed by atoms with E-state index < -0.39 is 0 Å². The van der Waals surface area contributed by atoms with Crippen molar-refractivity contribution in [1.82, 2.24) is 4.90 Å². The SMILES string of the molecule is COc1cc2c(cc1C(=O)N1C[C@H](C3CC3)[C@@H](N)C1)CCC2. The number of hydrogen-bond donors (Lipinski definition) is 1. The molecule has 1 saturated carbocycles. The molecule has 2 aliphatic carbocycles. The molecule has 1 heterocycles. The molecule has 1 aromatic carbocycles. The van der Waals surface area contributed by atoms with Crippen LogP contribution in [0.3, 0.4) is 0 Å². The summed E-state index contributed by atoms with van der Waals surface area (Å²) in [7, 11) is 1.65. The van der Waals surface area contributed by atoms with Crippen LogP contribution < -0.4 is 10.5 Å². The molecule has 0 unspecified atom stereocenters. The molecule has 0 radical (unpaired) electrons. The zero-order chi connectivity index (χ0) is 15.3. The van der Waals surface area contributed by atoms with Gasteiger partial charge in [-0.2, -0.15) is 0 Å². The molecule has 2 fully saturated rings. The monoisotopic (exact) mass is 300 g/mol. The lowest BCUT2D eigenvalue weighted by Gasteiger charge is -2.19. The minimum atomic E-state index is 0.0881. The first kappa shape index (κ1) is 14.1. The van der Waals surface area contributed by atoms with E-state index in [9.17, 15) is 4.79 Å².